The maximum absolute atomic E-state index is 12.6. The van der Waals surface area contributed by atoms with Crippen molar-refractivity contribution < 1.29 is 13.2 Å². The Kier molecular flexibility index (Phi) is 4.64. The van der Waals surface area contributed by atoms with Gasteiger partial charge in [0.2, 0.25) is 0 Å². The SMILES string of the molecule is Cc1c(C#CCCN=[N+]=[N-])cccc1C(F)(F)F. The molecule has 0 aromatic heterocycles. The van der Waals surface area contributed by atoms with Gasteiger partial charge < -0.3 is 0 Å². The van der Waals surface area contributed by atoms with Crippen molar-refractivity contribution >= 4 is 0 Å². The third kappa shape index (κ3) is 3.72. The van der Waals surface area contributed by atoms with Gasteiger partial charge in [-0.25, -0.2) is 0 Å². The first-order valence-corrected chi connectivity index (χ1v) is 5.13. The van der Waals surface area contributed by atoms with Crippen LogP contribution >= 0.6 is 0 Å². The molecule has 0 amide bonds. The van der Waals surface area contributed by atoms with Crippen LogP contribution in [0.2, 0.25) is 0 Å². The fraction of sp³-hybridized carbons (Fsp3) is 0.333. The zero-order valence-corrected chi connectivity index (χ0v) is 9.62. The largest absolute Gasteiger partial charge is 0.416 e. The smallest absolute Gasteiger partial charge is 0.166 e. The number of halogens is 3. The Morgan fingerprint density at radius 3 is 2.72 bits per heavy atom. The first-order chi connectivity index (χ1) is 8.46. The van der Waals surface area contributed by atoms with Crippen LogP contribution in [0, 0.1) is 18.8 Å². The first-order valence-electron chi connectivity index (χ1n) is 5.13. The minimum absolute atomic E-state index is 0.112. The molecule has 18 heavy (non-hydrogen) atoms. The second-order valence-electron chi connectivity index (χ2n) is 3.48. The summed E-state index contributed by atoms with van der Waals surface area (Å²) in [7, 11) is 0. The van der Waals surface area contributed by atoms with Crippen LogP contribution in [0.3, 0.4) is 0 Å². The Hall–Kier alpha value is -2.12. The monoisotopic (exact) mass is 253 g/mol. The van der Waals surface area contributed by atoms with E-state index < -0.39 is 11.7 Å². The third-order valence-electron chi connectivity index (χ3n) is 2.26. The fourth-order valence-electron chi connectivity index (χ4n) is 1.39. The fourth-order valence-corrected chi connectivity index (χ4v) is 1.39. The molecule has 0 radical (unpaired) electrons. The summed E-state index contributed by atoms with van der Waals surface area (Å²) < 4.78 is 37.8. The van der Waals surface area contributed by atoms with E-state index in [1.54, 1.807) is 0 Å². The normalized spacial score (nSPS) is 10.2. The highest BCUT2D eigenvalue weighted by Crippen LogP contribution is 2.32. The van der Waals surface area contributed by atoms with E-state index in [2.05, 4.69) is 21.9 Å². The molecule has 0 bridgehead atoms. The highest BCUT2D eigenvalue weighted by atomic mass is 19.4. The highest BCUT2D eigenvalue weighted by Gasteiger charge is 2.32. The number of nitrogens with zero attached hydrogens (tertiary/aromatic N) is 3. The van der Waals surface area contributed by atoms with Gasteiger partial charge in [0.1, 0.15) is 0 Å². The van der Waals surface area contributed by atoms with Gasteiger partial charge in [0.15, 0.2) is 0 Å². The maximum Gasteiger partial charge on any atom is 0.416 e. The Morgan fingerprint density at radius 1 is 1.39 bits per heavy atom. The van der Waals surface area contributed by atoms with E-state index in [1.807, 2.05) is 0 Å². The molecule has 0 heterocycles. The molecule has 0 saturated heterocycles. The van der Waals surface area contributed by atoms with Gasteiger partial charge in [0.25, 0.3) is 0 Å². The molecule has 0 atom stereocenters. The van der Waals surface area contributed by atoms with E-state index in [0.29, 0.717) is 12.0 Å². The zero-order chi connectivity index (χ0) is 13.6. The van der Waals surface area contributed by atoms with Crippen molar-refractivity contribution in [3.63, 3.8) is 0 Å². The van der Waals surface area contributed by atoms with Gasteiger partial charge in [0, 0.05) is 23.4 Å². The standard InChI is InChI=1S/C12H10F3N3/c1-9-10(5-2-3-8-17-18-16)6-4-7-11(9)12(13,14)15/h4,6-7H,3,8H2,1H3. The lowest BCUT2D eigenvalue weighted by molar-refractivity contribution is -0.138. The minimum atomic E-state index is -4.37. The summed E-state index contributed by atoms with van der Waals surface area (Å²) in [4.78, 5) is 2.55. The van der Waals surface area contributed by atoms with Crippen molar-refractivity contribution in [2.45, 2.75) is 19.5 Å². The van der Waals surface area contributed by atoms with E-state index in [4.69, 9.17) is 5.53 Å². The summed E-state index contributed by atoms with van der Waals surface area (Å²) in [6, 6.07) is 3.89. The first kappa shape index (κ1) is 13.9. The summed E-state index contributed by atoms with van der Waals surface area (Å²) in [5.74, 6) is 5.32. The lowest BCUT2D eigenvalue weighted by Crippen LogP contribution is -2.08. The molecule has 0 aliphatic heterocycles. The summed E-state index contributed by atoms with van der Waals surface area (Å²) in [6.07, 6.45) is -4.05. The molecule has 0 aliphatic rings. The molecule has 1 aromatic carbocycles. The molecule has 1 aromatic rings. The molecule has 0 N–H and O–H groups in total. The Labute approximate surface area is 102 Å². The van der Waals surface area contributed by atoms with E-state index >= 15 is 0 Å². The number of benzene rings is 1. The van der Waals surface area contributed by atoms with Gasteiger partial charge in [-0.2, -0.15) is 13.2 Å². The average Bonchev–Trinajstić information content (AvgIpc) is 2.29. The van der Waals surface area contributed by atoms with Crippen LogP contribution in [0.25, 0.3) is 10.4 Å². The predicted octanol–water partition coefficient (Wildman–Crippen LogP) is 4.07. The molecule has 0 aliphatic carbocycles. The number of hydrogen-bond donors (Lipinski definition) is 0. The predicted molar refractivity (Wildman–Crippen MR) is 61.7 cm³/mol. The molecule has 3 nitrogen and oxygen atoms in total. The zero-order valence-electron chi connectivity index (χ0n) is 9.62. The number of rotatable bonds is 2. The number of azide groups is 1. The molecule has 0 saturated carbocycles. The lowest BCUT2D eigenvalue weighted by atomic mass is 10.0. The highest BCUT2D eigenvalue weighted by molar-refractivity contribution is 5.45. The molecule has 0 fully saturated rings. The summed E-state index contributed by atoms with van der Waals surface area (Å²) >= 11 is 0. The summed E-state index contributed by atoms with van der Waals surface area (Å²) in [5.41, 5.74) is 7.81. The van der Waals surface area contributed by atoms with Crippen LogP contribution in [0.15, 0.2) is 23.3 Å². The molecular weight excluding hydrogens is 243 g/mol. The van der Waals surface area contributed by atoms with E-state index in [9.17, 15) is 13.2 Å². The van der Waals surface area contributed by atoms with Gasteiger partial charge in [-0.05, 0) is 30.2 Å². The van der Waals surface area contributed by atoms with Crippen LogP contribution in [-0.2, 0) is 6.18 Å². The summed E-state index contributed by atoms with van der Waals surface area (Å²) in [6.45, 7) is 1.60. The van der Waals surface area contributed by atoms with Gasteiger partial charge >= 0.3 is 6.18 Å². The molecule has 0 spiro atoms. The third-order valence-corrected chi connectivity index (χ3v) is 2.26. The van der Waals surface area contributed by atoms with Crippen LogP contribution in [0.4, 0.5) is 13.2 Å². The topological polar surface area (TPSA) is 48.8 Å². The van der Waals surface area contributed by atoms with Crippen molar-refractivity contribution in [2.75, 3.05) is 6.54 Å². The number of hydrogen-bond acceptors (Lipinski definition) is 1. The Morgan fingerprint density at radius 2 is 2.11 bits per heavy atom. The van der Waals surface area contributed by atoms with Gasteiger partial charge in [-0.3, -0.25) is 0 Å². The maximum atomic E-state index is 12.6. The van der Waals surface area contributed by atoms with Gasteiger partial charge in [-0.1, -0.05) is 23.0 Å². The van der Waals surface area contributed by atoms with Crippen LogP contribution < -0.4 is 0 Å². The Balaban J connectivity index is 2.94. The molecule has 1 rings (SSSR count). The van der Waals surface area contributed by atoms with Crippen molar-refractivity contribution in [2.24, 2.45) is 5.11 Å². The van der Waals surface area contributed by atoms with E-state index in [-0.39, 0.29) is 12.1 Å². The second-order valence-corrected chi connectivity index (χ2v) is 3.48. The van der Waals surface area contributed by atoms with Crippen molar-refractivity contribution in [1.82, 2.24) is 0 Å². The van der Waals surface area contributed by atoms with Crippen molar-refractivity contribution in [3.05, 3.63) is 45.3 Å². The molecule has 94 valence electrons. The minimum Gasteiger partial charge on any atom is -0.166 e. The van der Waals surface area contributed by atoms with Crippen LogP contribution in [0.5, 0.6) is 0 Å². The number of alkyl halides is 3. The second kappa shape index (κ2) is 5.99. The van der Waals surface area contributed by atoms with Crippen LogP contribution in [0.1, 0.15) is 23.1 Å². The van der Waals surface area contributed by atoms with E-state index in [0.717, 1.165) is 6.07 Å². The van der Waals surface area contributed by atoms with Crippen molar-refractivity contribution in [1.29, 1.82) is 0 Å². The van der Waals surface area contributed by atoms with Gasteiger partial charge in [0.05, 0.1) is 5.56 Å². The average molecular weight is 253 g/mol. The van der Waals surface area contributed by atoms with Gasteiger partial charge in [-0.15, -0.1) is 0 Å². The van der Waals surface area contributed by atoms with E-state index in [1.165, 1.54) is 19.1 Å². The lowest BCUT2D eigenvalue weighted by Gasteiger charge is -2.10. The van der Waals surface area contributed by atoms with Crippen LogP contribution in [-0.4, -0.2) is 6.54 Å². The Bertz CT molecular complexity index is 532. The molecular formula is C12H10F3N3. The molecule has 0 unspecified atom stereocenters. The van der Waals surface area contributed by atoms with Crippen molar-refractivity contribution in [3.8, 4) is 11.8 Å². The molecule has 6 heteroatoms. The summed E-state index contributed by atoms with van der Waals surface area (Å²) in [5, 5.41) is 3.28. The quantitative estimate of drug-likeness (QED) is 0.251.